The number of nitrogens with one attached hydrogen (secondary N) is 1. The zero-order valence-corrected chi connectivity index (χ0v) is 22.1. The maximum absolute atomic E-state index is 13.2. The van der Waals surface area contributed by atoms with Crippen LogP contribution in [0, 0.1) is 12.3 Å². The predicted molar refractivity (Wildman–Crippen MR) is 152 cm³/mol. The van der Waals surface area contributed by atoms with Gasteiger partial charge in [0.2, 0.25) is 0 Å². The van der Waals surface area contributed by atoms with Gasteiger partial charge < -0.3 is 9.88 Å². The van der Waals surface area contributed by atoms with Crippen molar-refractivity contribution in [1.29, 1.82) is 0 Å². The maximum atomic E-state index is 13.2. The summed E-state index contributed by atoms with van der Waals surface area (Å²) in [5, 5.41) is 3.51. The number of nitrogens with zero attached hydrogens (tertiary/aromatic N) is 3. The summed E-state index contributed by atoms with van der Waals surface area (Å²) in [6, 6.07) is 29.3. The van der Waals surface area contributed by atoms with Gasteiger partial charge >= 0.3 is 0 Å². The van der Waals surface area contributed by atoms with E-state index in [0.29, 0.717) is 23.8 Å². The van der Waals surface area contributed by atoms with Gasteiger partial charge in [-0.1, -0.05) is 90.3 Å². The van der Waals surface area contributed by atoms with Crippen LogP contribution in [0.25, 0.3) is 0 Å². The van der Waals surface area contributed by atoms with E-state index in [1.807, 2.05) is 28.8 Å². The lowest BCUT2D eigenvalue weighted by Gasteiger charge is -2.43. The fraction of sp³-hybridized carbons (Fsp3) is 0.250. The second-order valence-electron chi connectivity index (χ2n) is 9.77. The van der Waals surface area contributed by atoms with Gasteiger partial charge in [-0.25, -0.2) is 4.98 Å². The van der Waals surface area contributed by atoms with Crippen LogP contribution in [-0.4, -0.2) is 40.0 Å². The molecule has 2 heterocycles. The van der Waals surface area contributed by atoms with Gasteiger partial charge in [-0.05, 0) is 54.8 Å². The summed E-state index contributed by atoms with van der Waals surface area (Å²) in [5.74, 6) is 2.29. The Balaban J connectivity index is 1.37. The molecule has 1 saturated heterocycles. The van der Waals surface area contributed by atoms with Gasteiger partial charge in [-0.3, -0.25) is 9.69 Å². The van der Waals surface area contributed by atoms with Gasteiger partial charge in [0.25, 0.3) is 5.91 Å². The molecule has 4 aromatic rings. The number of aromatic nitrogens is 2. The van der Waals surface area contributed by atoms with Crippen molar-refractivity contribution in [2.75, 3.05) is 19.6 Å². The zero-order chi connectivity index (χ0) is 26.4. The third-order valence-corrected chi connectivity index (χ3v) is 7.73. The Hall–Kier alpha value is -3.85. The van der Waals surface area contributed by atoms with Crippen LogP contribution in [0.15, 0.2) is 91.3 Å². The monoisotopic (exact) mass is 522 g/mol. The van der Waals surface area contributed by atoms with Gasteiger partial charge in [0.15, 0.2) is 0 Å². The first-order valence-corrected chi connectivity index (χ1v) is 13.3. The Labute approximate surface area is 229 Å². The highest BCUT2D eigenvalue weighted by molar-refractivity contribution is 6.30. The van der Waals surface area contributed by atoms with E-state index in [2.05, 4.69) is 81.8 Å². The topological polar surface area (TPSA) is 50.2 Å². The highest BCUT2D eigenvalue weighted by Crippen LogP contribution is 2.41. The number of piperidine rings is 1. The fourth-order valence-corrected chi connectivity index (χ4v) is 5.61. The number of carbonyl (C=O) groups excluding carboxylic acids is 1. The van der Waals surface area contributed by atoms with Gasteiger partial charge in [0.1, 0.15) is 5.69 Å². The fourth-order valence-electron chi connectivity index (χ4n) is 5.49. The summed E-state index contributed by atoms with van der Waals surface area (Å²) in [6.07, 6.45) is 9.14. The summed E-state index contributed by atoms with van der Waals surface area (Å²) in [7, 11) is 0. The number of carbonyl (C=O) groups is 1. The summed E-state index contributed by atoms with van der Waals surface area (Å²) < 4.78 is 1.90. The standard InChI is InChI=1S/C32H31ClN4O/c1-2-19-34-31(38)30-29(35-24-37(30)22-25-13-15-28(33)16-14-25)23-36-20-17-32(18-21-36,26-9-5-3-6-10-26)27-11-7-4-8-12-27/h1,3-16,24H,17-23H2,(H,34,38). The molecule has 0 saturated carbocycles. The Morgan fingerprint density at radius 1 is 0.921 bits per heavy atom. The van der Waals surface area contributed by atoms with E-state index in [-0.39, 0.29) is 17.9 Å². The SMILES string of the molecule is C#CCNC(=O)c1c(CN2CCC(c3ccccc3)(c3ccccc3)CC2)ncn1Cc1ccc(Cl)cc1. The van der Waals surface area contributed by atoms with E-state index in [0.717, 1.165) is 37.2 Å². The maximum Gasteiger partial charge on any atom is 0.270 e. The van der Waals surface area contributed by atoms with Crippen molar-refractivity contribution < 1.29 is 4.79 Å². The molecule has 0 bridgehead atoms. The van der Waals surface area contributed by atoms with Crippen LogP contribution in [-0.2, 0) is 18.5 Å². The number of hydrogen-bond acceptors (Lipinski definition) is 3. The molecule has 3 aromatic carbocycles. The predicted octanol–water partition coefficient (Wildman–Crippen LogP) is 5.53. The third kappa shape index (κ3) is 5.52. The van der Waals surface area contributed by atoms with Gasteiger partial charge in [-0.15, -0.1) is 6.42 Å². The van der Waals surface area contributed by atoms with Crippen LogP contribution >= 0.6 is 11.6 Å². The van der Waals surface area contributed by atoms with Gasteiger partial charge in [0.05, 0.1) is 18.6 Å². The molecular formula is C32H31ClN4O. The average Bonchev–Trinajstić information content (AvgIpc) is 3.36. The molecule has 6 heteroatoms. The van der Waals surface area contributed by atoms with Crippen LogP contribution in [0.5, 0.6) is 0 Å². The molecule has 38 heavy (non-hydrogen) atoms. The van der Waals surface area contributed by atoms with E-state index < -0.39 is 0 Å². The van der Waals surface area contributed by atoms with Crippen LogP contribution in [0.2, 0.25) is 5.02 Å². The number of imidazole rings is 1. The summed E-state index contributed by atoms with van der Waals surface area (Å²) in [5.41, 5.74) is 5.04. The average molecular weight is 523 g/mol. The molecule has 1 fully saturated rings. The molecule has 0 aliphatic carbocycles. The van der Waals surface area contributed by atoms with Crippen molar-refractivity contribution in [2.24, 2.45) is 0 Å². The molecule has 1 aromatic heterocycles. The molecule has 1 aliphatic heterocycles. The van der Waals surface area contributed by atoms with Crippen LogP contribution < -0.4 is 5.32 Å². The van der Waals surface area contributed by atoms with E-state index in [1.165, 1.54) is 11.1 Å². The number of terminal acetylenes is 1. The van der Waals surface area contributed by atoms with Crippen molar-refractivity contribution in [1.82, 2.24) is 19.8 Å². The summed E-state index contributed by atoms with van der Waals surface area (Å²) in [6.45, 7) is 3.10. The van der Waals surface area contributed by atoms with Crippen molar-refractivity contribution in [3.63, 3.8) is 0 Å². The third-order valence-electron chi connectivity index (χ3n) is 7.48. The van der Waals surface area contributed by atoms with Crippen LogP contribution in [0.3, 0.4) is 0 Å². The van der Waals surface area contributed by atoms with Gasteiger partial charge in [-0.2, -0.15) is 0 Å². The number of amides is 1. The molecule has 1 amide bonds. The lowest BCUT2D eigenvalue weighted by atomic mass is 9.68. The molecule has 0 radical (unpaired) electrons. The Bertz CT molecular complexity index is 1360. The molecule has 5 rings (SSSR count). The minimum absolute atomic E-state index is 0.0278. The van der Waals surface area contributed by atoms with Crippen LogP contribution in [0.1, 0.15) is 45.7 Å². The number of benzene rings is 3. The molecule has 1 aliphatic rings. The first kappa shape index (κ1) is 25.8. The molecule has 0 unspecified atom stereocenters. The van der Waals surface area contributed by atoms with Crippen LogP contribution in [0.4, 0.5) is 0 Å². The van der Waals surface area contributed by atoms with E-state index in [9.17, 15) is 4.79 Å². The smallest absolute Gasteiger partial charge is 0.270 e. The number of likely N-dealkylation sites (tertiary alicyclic amines) is 1. The summed E-state index contributed by atoms with van der Waals surface area (Å²) >= 11 is 6.06. The Kier molecular flexibility index (Phi) is 7.93. The Morgan fingerprint density at radius 2 is 1.53 bits per heavy atom. The quantitative estimate of drug-likeness (QED) is 0.310. The minimum Gasteiger partial charge on any atom is -0.340 e. The first-order valence-electron chi connectivity index (χ1n) is 12.9. The van der Waals surface area contributed by atoms with Crippen molar-refractivity contribution in [2.45, 2.75) is 31.3 Å². The minimum atomic E-state index is -0.204. The molecule has 1 N–H and O–H groups in total. The second-order valence-corrected chi connectivity index (χ2v) is 10.2. The largest absolute Gasteiger partial charge is 0.340 e. The molecular weight excluding hydrogens is 492 g/mol. The number of hydrogen-bond donors (Lipinski definition) is 1. The van der Waals surface area contributed by atoms with Crippen molar-refractivity contribution in [3.8, 4) is 12.3 Å². The first-order chi connectivity index (χ1) is 18.6. The number of halogens is 1. The normalized spacial score (nSPS) is 15.1. The van der Waals surface area contributed by atoms with Crippen molar-refractivity contribution >= 4 is 17.5 Å². The highest BCUT2D eigenvalue weighted by Gasteiger charge is 2.38. The Morgan fingerprint density at radius 3 is 2.11 bits per heavy atom. The number of rotatable bonds is 8. The molecule has 5 nitrogen and oxygen atoms in total. The lowest BCUT2D eigenvalue weighted by Crippen LogP contribution is -2.43. The molecule has 192 valence electrons. The molecule has 0 spiro atoms. The van der Waals surface area contributed by atoms with E-state index >= 15 is 0 Å². The van der Waals surface area contributed by atoms with E-state index in [1.54, 1.807) is 6.33 Å². The van der Waals surface area contributed by atoms with Gasteiger partial charge in [0, 0.05) is 23.5 Å². The highest BCUT2D eigenvalue weighted by atomic mass is 35.5. The molecule has 0 atom stereocenters. The summed E-state index contributed by atoms with van der Waals surface area (Å²) in [4.78, 5) is 20.2. The zero-order valence-electron chi connectivity index (χ0n) is 21.3. The van der Waals surface area contributed by atoms with Crippen molar-refractivity contribution in [3.05, 3.63) is 124 Å². The lowest BCUT2D eigenvalue weighted by molar-refractivity contribution is 0.0946. The van der Waals surface area contributed by atoms with E-state index in [4.69, 9.17) is 18.0 Å². The second kappa shape index (κ2) is 11.7.